The van der Waals surface area contributed by atoms with E-state index in [-0.39, 0.29) is 10.9 Å². The van der Waals surface area contributed by atoms with Crippen molar-refractivity contribution < 1.29 is 4.79 Å². The zero-order valence-electron chi connectivity index (χ0n) is 10.5. The van der Waals surface area contributed by atoms with Crippen molar-refractivity contribution in [1.29, 1.82) is 0 Å². The van der Waals surface area contributed by atoms with E-state index in [9.17, 15) is 4.79 Å². The van der Waals surface area contributed by atoms with Crippen molar-refractivity contribution in [2.24, 2.45) is 5.73 Å². The number of likely N-dealkylation sites (N-methyl/N-ethyl adjacent to an activating group) is 1. The molecule has 2 rings (SSSR count). The van der Waals surface area contributed by atoms with Crippen LogP contribution in [0.15, 0.2) is 30.3 Å². The molecule has 0 bridgehead atoms. The number of rotatable bonds is 5. The van der Waals surface area contributed by atoms with Crippen molar-refractivity contribution in [3.63, 3.8) is 0 Å². The molecular weight excluding hydrogens is 244 g/mol. The van der Waals surface area contributed by atoms with Crippen molar-refractivity contribution in [2.75, 3.05) is 6.54 Å². The average Bonchev–Trinajstić information content (AvgIpc) is 3.15. The Morgan fingerprint density at radius 3 is 2.50 bits per heavy atom. The normalized spacial score (nSPS) is 16.1. The summed E-state index contributed by atoms with van der Waals surface area (Å²) in [5.41, 5.74) is 6.65. The van der Waals surface area contributed by atoms with Gasteiger partial charge >= 0.3 is 0 Å². The lowest BCUT2D eigenvalue weighted by Gasteiger charge is -2.26. The highest BCUT2D eigenvalue weighted by molar-refractivity contribution is 7.80. The van der Waals surface area contributed by atoms with Crippen LogP contribution in [-0.4, -0.2) is 28.4 Å². The number of carbonyl (C=O) groups excluding carboxylic acids is 1. The first kappa shape index (κ1) is 13.0. The first-order chi connectivity index (χ1) is 8.65. The smallest absolute Gasteiger partial charge is 0.237 e. The fourth-order valence-electron chi connectivity index (χ4n) is 2.22. The van der Waals surface area contributed by atoms with Crippen LogP contribution in [0.5, 0.6) is 0 Å². The Hall–Kier alpha value is -1.42. The lowest BCUT2D eigenvalue weighted by Crippen LogP contribution is -2.41. The van der Waals surface area contributed by atoms with Gasteiger partial charge in [-0.15, -0.1) is 0 Å². The van der Waals surface area contributed by atoms with Gasteiger partial charge in [0.25, 0.3) is 0 Å². The molecule has 0 aliphatic heterocycles. The molecule has 96 valence electrons. The van der Waals surface area contributed by atoms with E-state index in [1.54, 1.807) is 0 Å². The van der Waals surface area contributed by atoms with Crippen molar-refractivity contribution in [2.45, 2.75) is 31.7 Å². The van der Waals surface area contributed by atoms with Gasteiger partial charge in [0.05, 0.1) is 4.99 Å². The third kappa shape index (κ3) is 2.70. The molecule has 1 aliphatic rings. The van der Waals surface area contributed by atoms with Gasteiger partial charge < -0.3 is 10.6 Å². The van der Waals surface area contributed by atoms with Crippen LogP contribution < -0.4 is 5.73 Å². The van der Waals surface area contributed by atoms with Crippen LogP contribution in [0.4, 0.5) is 0 Å². The fraction of sp³-hybridized carbons (Fsp3) is 0.429. The van der Waals surface area contributed by atoms with Gasteiger partial charge in [-0.25, -0.2) is 0 Å². The molecule has 0 aromatic heterocycles. The van der Waals surface area contributed by atoms with E-state index in [0.717, 1.165) is 24.9 Å². The molecule has 18 heavy (non-hydrogen) atoms. The monoisotopic (exact) mass is 262 g/mol. The number of hydrogen-bond acceptors (Lipinski definition) is 2. The standard InChI is InChI=1S/C14H18N2OS/c1-2-16(11-8-9-11)14(17)12(13(15)18)10-6-4-3-5-7-10/h3-7,11-12H,2,8-9H2,1H3,(H2,15,18). The van der Waals surface area contributed by atoms with Crippen molar-refractivity contribution >= 4 is 23.1 Å². The van der Waals surface area contributed by atoms with Gasteiger partial charge in [-0.1, -0.05) is 42.5 Å². The molecule has 2 N–H and O–H groups in total. The Morgan fingerprint density at radius 1 is 1.44 bits per heavy atom. The molecule has 1 aliphatic carbocycles. The van der Waals surface area contributed by atoms with Crippen molar-refractivity contribution in [3.8, 4) is 0 Å². The van der Waals surface area contributed by atoms with Crippen LogP contribution in [0, 0.1) is 0 Å². The number of thiocarbonyl (C=S) groups is 1. The van der Waals surface area contributed by atoms with Gasteiger partial charge in [-0.3, -0.25) is 4.79 Å². The van der Waals surface area contributed by atoms with Crippen LogP contribution in [0.2, 0.25) is 0 Å². The summed E-state index contributed by atoms with van der Waals surface area (Å²) < 4.78 is 0. The maximum atomic E-state index is 12.6. The molecule has 0 saturated heterocycles. The minimum absolute atomic E-state index is 0.0405. The minimum atomic E-state index is -0.484. The Labute approximate surface area is 113 Å². The van der Waals surface area contributed by atoms with Gasteiger partial charge in [-0.05, 0) is 25.3 Å². The summed E-state index contributed by atoms with van der Waals surface area (Å²) in [4.78, 5) is 14.7. The number of carbonyl (C=O) groups is 1. The maximum absolute atomic E-state index is 12.6. The number of benzene rings is 1. The van der Waals surface area contributed by atoms with Crippen LogP contribution in [0.25, 0.3) is 0 Å². The van der Waals surface area contributed by atoms with E-state index in [2.05, 4.69) is 0 Å². The number of amides is 1. The number of nitrogens with two attached hydrogens (primary N) is 1. The van der Waals surface area contributed by atoms with E-state index < -0.39 is 5.92 Å². The summed E-state index contributed by atoms with van der Waals surface area (Å²) in [7, 11) is 0. The molecule has 1 amide bonds. The van der Waals surface area contributed by atoms with Gasteiger partial charge in [0.1, 0.15) is 5.92 Å². The SMILES string of the molecule is CCN(C(=O)C(C(N)=S)c1ccccc1)C1CC1. The largest absolute Gasteiger partial charge is 0.392 e. The highest BCUT2D eigenvalue weighted by atomic mass is 32.1. The van der Waals surface area contributed by atoms with Crippen molar-refractivity contribution in [3.05, 3.63) is 35.9 Å². The van der Waals surface area contributed by atoms with Gasteiger partial charge in [0.2, 0.25) is 5.91 Å². The molecule has 1 saturated carbocycles. The summed E-state index contributed by atoms with van der Waals surface area (Å²) in [6.45, 7) is 2.72. The highest BCUT2D eigenvalue weighted by Crippen LogP contribution is 2.30. The van der Waals surface area contributed by atoms with Crippen LogP contribution in [0.1, 0.15) is 31.2 Å². The van der Waals surface area contributed by atoms with E-state index in [0.29, 0.717) is 6.04 Å². The summed E-state index contributed by atoms with van der Waals surface area (Å²) in [6, 6.07) is 9.93. The van der Waals surface area contributed by atoms with Crippen LogP contribution >= 0.6 is 12.2 Å². The topological polar surface area (TPSA) is 46.3 Å². The second kappa shape index (κ2) is 5.48. The molecule has 1 aromatic carbocycles. The predicted molar refractivity (Wildman–Crippen MR) is 76.4 cm³/mol. The Kier molecular flexibility index (Phi) is 3.97. The molecule has 1 unspecified atom stereocenters. The third-order valence-electron chi connectivity index (χ3n) is 3.28. The van der Waals surface area contributed by atoms with E-state index in [4.69, 9.17) is 18.0 Å². The Bertz CT molecular complexity index is 442. The van der Waals surface area contributed by atoms with Crippen molar-refractivity contribution in [1.82, 2.24) is 4.90 Å². The second-order valence-corrected chi connectivity index (χ2v) is 5.07. The minimum Gasteiger partial charge on any atom is -0.392 e. The quantitative estimate of drug-likeness (QED) is 0.826. The zero-order valence-corrected chi connectivity index (χ0v) is 11.3. The van der Waals surface area contributed by atoms with Gasteiger partial charge in [0.15, 0.2) is 0 Å². The molecule has 4 heteroatoms. The zero-order chi connectivity index (χ0) is 13.1. The second-order valence-electron chi connectivity index (χ2n) is 4.60. The highest BCUT2D eigenvalue weighted by Gasteiger charge is 2.36. The molecule has 0 spiro atoms. The van der Waals surface area contributed by atoms with Crippen LogP contribution in [0.3, 0.4) is 0 Å². The molecular formula is C14H18N2OS. The van der Waals surface area contributed by atoms with Gasteiger partial charge in [-0.2, -0.15) is 0 Å². The molecule has 0 radical (unpaired) electrons. The molecule has 1 fully saturated rings. The molecule has 1 atom stereocenters. The Balaban J connectivity index is 2.25. The number of nitrogens with zero attached hydrogens (tertiary/aromatic N) is 1. The van der Waals surface area contributed by atoms with E-state index in [1.807, 2.05) is 42.2 Å². The fourth-order valence-corrected chi connectivity index (χ4v) is 2.46. The summed E-state index contributed by atoms with van der Waals surface area (Å²) >= 11 is 5.08. The lowest BCUT2D eigenvalue weighted by atomic mass is 9.97. The summed E-state index contributed by atoms with van der Waals surface area (Å²) in [5, 5.41) is 0. The summed E-state index contributed by atoms with van der Waals surface area (Å²) in [5.74, 6) is -0.444. The molecule has 3 nitrogen and oxygen atoms in total. The molecule has 0 heterocycles. The number of hydrogen-bond donors (Lipinski definition) is 1. The van der Waals surface area contributed by atoms with E-state index >= 15 is 0 Å². The van der Waals surface area contributed by atoms with Crippen LogP contribution in [-0.2, 0) is 4.79 Å². The average molecular weight is 262 g/mol. The molecule has 1 aromatic rings. The van der Waals surface area contributed by atoms with E-state index in [1.165, 1.54) is 0 Å². The first-order valence-corrected chi connectivity index (χ1v) is 6.70. The first-order valence-electron chi connectivity index (χ1n) is 6.30. The predicted octanol–water partition coefficient (Wildman–Crippen LogP) is 2.07. The Morgan fingerprint density at radius 2 is 2.06 bits per heavy atom. The van der Waals surface area contributed by atoms with Gasteiger partial charge in [0, 0.05) is 12.6 Å². The maximum Gasteiger partial charge on any atom is 0.237 e. The third-order valence-corrected chi connectivity index (χ3v) is 3.51. The summed E-state index contributed by atoms with van der Waals surface area (Å²) in [6.07, 6.45) is 2.19. The lowest BCUT2D eigenvalue weighted by molar-refractivity contribution is -0.131.